The highest BCUT2D eigenvalue weighted by Gasteiger charge is 2.31. The Bertz CT molecular complexity index is 465. The third kappa shape index (κ3) is 4.90. The van der Waals surface area contributed by atoms with E-state index < -0.39 is 11.7 Å². The number of nitrogens with one attached hydrogen (secondary N) is 1. The zero-order valence-electron chi connectivity index (χ0n) is 12.1. The molecule has 0 radical (unpaired) electrons. The molecule has 0 unspecified atom stereocenters. The Morgan fingerprint density at radius 3 is 2.38 bits per heavy atom. The molecule has 0 saturated heterocycles. The van der Waals surface area contributed by atoms with Crippen LogP contribution in [0.5, 0.6) is 0 Å². The average molecular weight is 364 g/mol. The van der Waals surface area contributed by atoms with E-state index in [9.17, 15) is 13.2 Å². The van der Waals surface area contributed by atoms with Crippen LogP contribution in [0.2, 0.25) is 0 Å². The van der Waals surface area contributed by atoms with Crippen LogP contribution in [0.4, 0.5) is 18.9 Å². The van der Waals surface area contributed by atoms with Crippen LogP contribution in [-0.4, -0.2) is 6.04 Å². The number of hydrogen-bond donors (Lipinski definition) is 1. The number of benzene rings is 1. The molecule has 1 saturated carbocycles. The van der Waals surface area contributed by atoms with Crippen molar-refractivity contribution in [2.75, 3.05) is 5.32 Å². The van der Waals surface area contributed by atoms with Crippen LogP contribution < -0.4 is 5.32 Å². The Morgan fingerprint density at radius 2 is 1.81 bits per heavy atom. The first-order valence-electron chi connectivity index (χ1n) is 7.53. The van der Waals surface area contributed by atoms with Crippen molar-refractivity contribution in [3.63, 3.8) is 0 Å². The maximum Gasteiger partial charge on any atom is 0.416 e. The summed E-state index contributed by atoms with van der Waals surface area (Å²) in [6.45, 7) is 2.20. The predicted octanol–water partition coefficient (Wildman–Crippen LogP) is 6.24. The van der Waals surface area contributed by atoms with E-state index in [0.29, 0.717) is 10.2 Å². The van der Waals surface area contributed by atoms with Crippen LogP contribution in [0.1, 0.15) is 51.0 Å². The summed E-state index contributed by atoms with van der Waals surface area (Å²) in [5.74, 6) is 0.793. The molecule has 1 nitrogen and oxygen atoms in total. The van der Waals surface area contributed by atoms with Crippen LogP contribution in [0.25, 0.3) is 0 Å². The highest BCUT2D eigenvalue weighted by Crippen LogP contribution is 2.35. The minimum absolute atomic E-state index is 0.286. The molecule has 1 aliphatic carbocycles. The number of hydrogen-bond acceptors (Lipinski definition) is 1. The Kier molecular flexibility index (Phi) is 5.58. The zero-order chi connectivity index (χ0) is 15.5. The summed E-state index contributed by atoms with van der Waals surface area (Å²) in [5.41, 5.74) is -0.0605. The van der Waals surface area contributed by atoms with E-state index in [1.807, 2.05) is 0 Å². The van der Waals surface area contributed by atoms with Crippen LogP contribution in [0.3, 0.4) is 0 Å². The van der Waals surface area contributed by atoms with Crippen molar-refractivity contribution in [1.82, 2.24) is 0 Å². The fraction of sp³-hybridized carbons (Fsp3) is 0.625. The second-order valence-corrected chi connectivity index (χ2v) is 6.79. The summed E-state index contributed by atoms with van der Waals surface area (Å²) in [5, 5.41) is 3.27. The van der Waals surface area contributed by atoms with E-state index in [1.54, 1.807) is 6.07 Å². The molecule has 1 N–H and O–H groups in total. The van der Waals surface area contributed by atoms with E-state index in [4.69, 9.17) is 0 Å². The van der Waals surface area contributed by atoms with Gasteiger partial charge in [-0.3, -0.25) is 0 Å². The summed E-state index contributed by atoms with van der Waals surface area (Å²) >= 11 is 3.16. The quantitative estimate of drug-likeness (QED) is 0.667. The molecule has 118 valence electrons. The van der Waals surface area contributed by atoms with Gasteiger partial charge in [0, 0.05) is 16.2 Å². The predicted molar refractivity (Wildman–Crippen MR) is 83.4 cm³/mol. The molecule has 0 bridgehead atoms. The molecule has 0 heterocycles. The third-order valence-corrected chi connectivity index (χ3v) is 4.60. The minimum atomic E-state index is -4.31. The third-order valence-electron chi connectivity index (χ3n) is 4.14. The van der Waals surface area contributed by atoms with Gasteiger partial charge in [0.15, 0.2) is 0 Å². The molecule has 1 fully saturated rings. The summed E-state index contributed by atoms with van der Waals surface area (Å²) in [7, 11) is 0. The van der Waals surface area contributed by atoms with Crippen molar-refractivity contribution >= 4 is 21.6 Å². The van der Waals surface area contributed by atoms with Gasteiger partial charge >= 0.3 is 6.18 Å². The molecule has 5 heteroatoms. The summed E-state index contributed by atoms with van der Waals surface area (Å²) in [6.07, 6.45) is 2.60. The number of anilines is 1. The fourth-order valence-corrected chi connectivity index (χ4v) is 3.57. The van der Waals surface area contributed by atoms with Gasteiger partial charge in [-0.25, -0.2) is 0 Å². The normalized spacial score (nSPS) is 23.1. The molecular formula is C16H21BrF3N. The Balaban J connectivity index is 1.99. The topological polar surface area (TPSA) is 12.0 Å². The van der Waals surface area contributed by atoms with Gasteiger partial charge in [0.05, 0.1) is 5.56 Å². The van der Waals surface area contributed by atoms with Gasteiger partial charge in [-0.2, -0.15) is 13.2 Å². The van der Waals surface area contributed by atoms with Crippen LogP contribution in [0.15, 0.2) is 22.7 Å². The van der Waals surface area contributed by atoms with Gasteiger partial charge in [0.25, 0.3) is 0 Å². The molecule has 1 aliphatic rings. The Hall–Kier alpha value is -0.710. The van der Waals surface area contributed by atoms with E-state index in [-0.39, 0.29) is 6.04 Å². The molecule has 0 amide bonds. The zero-order valence-corrected chi connectivity index (χ0v) is 13.7. The molecule has 0 atom stereocenters. The molecule has 1 aromatic rings. The largest absolute Gasteiger partial charge is 0.416 e. The lowest BCUT2D eigenvalue weighted by Gasteiger charge is -2.29. The van der Waals surface area contributed by atoms with Crippen LogP contribution in [0, 0.1) is 5.92 Å². The van der Waals surface area contributed by atoms with Gasteiger partial charge in [-0.05, 0) is 49.8 Å². The van der Waals surface area contributed by atoms with Crippen molar-refractivity contribution in [2.45, 2.75) is 57.7 Å². The summed E-state index contributed by atoms with van der Waals surface area (Å²) in [4.78, 5) is 0. The Labute approximate surface area is 132 Å². The number of alkyl halides is 3. The highest BCUT2D eigenvalue weighted by molar-refractivity contribution is 9.10. The number of halogens is 4. The lowest BCUT2D eigenvalue weighted by Crippen LogP contribution is -2.26. The van der Waals surface area contributed by atoms with Crippen molar-refractivity contribution in [2.24, 2.45) is 5.92 Å². The lowest BCUT2D eigenvalue weighted by molar-refractivity contribution is -0.137. The average Bonchev–Trinajstić information content (AvgIpc) is 2.40. The molecule has 0 spiro atoms. The van der Waals surface area contributed by atoms with E-state index in [0.717, 1.165) is 24.8 Å². The van der Waals surface area contributed by atoms with Gasteiger partial charge in [0.2, 0.25) is 0 Å². The first kappa shape index (κ1) is 16.7. The van der Waals surface area contributed by atoms with Crippen molar-refractivity contribution in [3.05, 3.63) is 28.2 Å². The van der Waals surface area contributed by atoms with Crippen LogP contribution >= 0.6 is 15.9 Å². The molecular weight excluding hydrogens is 343 g/mol. The van der Waals surface area contributed by atoms with Gasteiger partial charge in [0.1, 0.15) is 0 Å². The van der Waals surface area contributed by atoms with Crippen LogP contribution in [-0.2, 0) is 6.18 Å². The van der Waals surface area contributed by atoms with Gasteiger partial charge < -0.3 is 5.32 Å². The van der Waals surface area contributed by atoms with E-state index in [2.05, 4.69) is 28.2 Å². The maximum atomic E-state index is 12.8. The molecule has 0 aliphatic heterocycles. The van der Waals surface area contributed by atoms with Crippen molar-refractivity contribution in [1.29, 1.82) is 0 Å². The smallest absolute Gasteiger partial charge is 0.382 e. The molecule has 21 heavy (non-hydrogen) atoms. The monoisotopic (exact) mass is 363 g/mol. The van der Waals surface area contributed by atoms with Crippen molar-refractivity contribution < 1.29 is 13.2 Å². The molecule has 1 aromatic carbocycles. The SMILES string of the molecule is CCCC1CCC(Nc2cc(Br)cc(C(F)(F)F)c2)CC1. The molecule has 2 rings (SSSR count). The van der Waals surface area contributed by atoms with Gasteiger partial charge in [-0.15, -0.1) is 0 Å². The first-order valence-corrected chi connectivity index (χ1v) is 8.32. The van der Waals surface area contributed by atoms with E-state index >= 15 is 0 Å². The van der Waals surface area contributed by atoms with Gasteiger partial charge in [-0.1, -0.05) is 35.7 Å². The second kappa shape index (κ2) is 7.03. The maximum absolute atomic E-state index is 12.8. The summed E-state index contributed by atoms with van der Waals surface area (Å²) < 4.78 is 38.9. The van der Waals surface area contributed by atoms with Crippen molar-refractivity contribution in [3.8, 4) is 0 Å². The standard InChI is InChI=1S/C16H21BrF3N/c1-2-3-11-4-6-14(7-5-11)21-15-9-12(16(18,19)20)8-13(17)10-15/h8-11,14,21H,2-7H2,1H3. The van der Waals surface area contributed by atoms with E-state index in [1.165, 1.54) is 31.7 Å². The first-order chi connectivity index (χ1) is 9.88. The second-order valence-electron chi connectivity index (χ2n) is 5.88. The fourth-order valence-electron chi connectivity index (χ4n) is 3.08. The number of rotatable bonds is 4. The Morgan fingerprint density at radius 1 is 1.14 bits per heavy atom. The minimum Gasteiger partial charge on any atom is -0.382 e. The lowest BCUT2D eigenvalue weighted by atomic mass is 9.83. The summed E-state index contributed by atoms with van der Waals surface area (Å²) in [6, 6.07) is 4.31. The highest BCUT2D eigenvalue weighted by atomic mass is 79.9. The molecule has 0 aromatic heterocycles.